The van der Waals surface area contributed by atoms with Gasteiger partial charge in [-0.1, -0.05) is 48.5 Å². The third-order valence-electron chi connectivity index (χ3n) is 3.57. The molecule has 2 aromatic rings. The number of ether oxygens (including phenoxy) is 1. The van der Waals surface area contributed by atoms with E-state index in [4.69, 9.17) is 4.74 Å². The summed E-state index contributed by atoms with van der Waals surface area (Å²) in [6, 6.07) is 17.6. The summed E-state index contributed by atoms with van der Waals surface area (Å²) in [4.78, 5) is 0. The van der Waals surface area contributed by atoms with Crippen molar-refractivity contribution in [2.75, 3.05) is 20.3 Å². The Balaban J connectivity index is 2.51. The standard InChI is InChI=1S/C17H20O3/c1-20-16-10-6-5-9-15(16)17(14(11-18)12-19)13-7-3-2-4-8-13/h2-10,14,17-19H,11-12H2,1H3. The average Bonchev–Trinajstić information content (AvgIpc) is 2.53. The van der Waals surface area contributed by atoms with Crippen molar-refractivity contribution in [1.82, 2.24) is 0 Å². The summed E-state index contributed by atoms with van der Waals surface area (Å²) in [5.74, 6) is 0.421. The van der Waals surface area contributed by atoms with E-state index < -0.39 is 0 Å². The highest BCUT2D eigenvalue weighted by molar-refractivity contribution is 5.42. The van der Waals surface area contributed by atoms with Crippen molar-refractivity contribution in [3.05, 3.63) is 65.7 Å². The molecule has 3 nitrogen and oxygen atoms in total. The van der Waals surface area contributed by atoms with Crippen LogP contribution in [0.1, 0.15) is 17.0 Å². The Morgan fingerprint density at radius 2 is 1.50 bits per heavy atom. The van der Waals surface area contributed by atoms with Crippen molar-refractivity contribution in [3.63, 3.8) is 0 Å². The van der Waals surface area contributed by atoms with Gasteiger partial charge in [-0.05, 0) is 11.6 Å². The van der Waals surface area contributed by atoms with E-state index in [1.807, 2.05) is 54.6 Å². The van der Waals surface area contributed by atoms with Crippen LogP contribution in [0.3, 0.4) is 0 Å². The highest BCUT2D eigenvalue weighted by Gasteiger charge is 2.26. The van der Waals surface area contributed by atoms with Crippen LogP contribution in [-0.2, 0) is 0 Å². The molecule has 2 N–H and O–H groups in total. The second-order valence-corrected chi connectivity index (χ2v) is 4.76. The zero-order valence-electron chi connectivity index (χ0n) is 11.6. The van der Waals surface area contributed by atoms with Crippen LogP contribution in [0.25, 0.3) is 0 Å². The normalized spacial score (nSPS) is 12.4. The van der Waals surface area contributed by atoms with Gasteiger partial charge in [0.25, 0.3) is 0 Å². The van der Waals surface area contributed by atoms with Gasteiger partial charge in [0.05, 0.1) is 7.11 Å². The predicted octanol–water partition coefficient (Wildman–Crippen LogP) is 2.43. The summed E-state index contributed by atoms with van der Waals surface area (Å²) in [6.45, 7) is -0.151. The lowest BCUT2D eigenvalue weighted by Crippen LogP contribution is -2.22. The SMILES string of the molecule is COc1ccccc1C(c1ccccc1)C(CO)CO. The molecule has 0 aromatic heterocycles. The largest absolute Gasteiger partial charge is 0.496 e. The Morgan fingerprint density at radius 1 is 0.900 bits per heavy atom. The minimum Gasteiger partial charge on any atom is -0.496 e. The van der Waals surface area contributed by atoms with Crippen molar-refractivity contribution < 1.29 is 14.9 Å². The highest BCUT2D eigenvalue weighted by Crippen LogP contribution is 2.36. The minimum absolute atomic E-state index is 0.0753. The maximum atomic E-state index is 9.58. The van der Waals surface area contributed by atoms with Gasteiger partial charge in [0.1, 0.15) is 5.75 Å². The molecule has 2 rings (SSSR count). The number of aliphatic hydroxyl groups is 2. The van der Waals surface area contributed by atoms with Crippen molar-refractivity contribution in [2.45, 2.75) is 5.92 Å². The number of aliphatic hydroxyl groups excluding tert-OH is 2. The number of methoxy groups -OCH3 is 1. The third kappa shape index (κ3) is 3.00. The molecule has 0 heterocycles. The second kappa shape index (κ2) is 7.08. The van der Waals surface area contributed by atoms with E-state index in [-0.39, 0.29) is 25.0 Å². The molecule has 0 spiro atoms. The van der Waals surface area contributed by atoms with Crippen LogP contribution in [0.5, 0.6) is 5.75 Å². The first kappa shape index (κ1) is 14.6. The van der Waals surface area contributed by atoms with Gasteiger partial charge in [-0.2, -0.15) is 0 Å². The van der Waals surface area contributed by atoms with Gasteiger partial charge in [-0.15, -0.1) is 0 Å². The summed E-state index contributed by atoms with van der Waals surface area (Å²) in [6.07, 6.45) is 0. The van der Waals surface area contributed by atoms with Crippen molar-refractivity contribution in [2.24, 2.45) is 5.92 Å². The van der Waals surface area contributed by atoms with Crippen LogP contribution in [0.15, 0.2) is 54.6 Å². The van der Waals surface area contributed by atoms with Gasteiger partial charge in [-0.3, -0.25) is 0 Å². The molecule has 1 unspecified atom stereocenters. The van der Waals surface area contributed by atoms with Crippen LogP contribution in [0.2, 0.25) is 0 Å². The van der Waals surface area contributed by atoms with E-state index in [1.165, 1.54) is 0 Å². The van der Waals surface area contributed by atoms with Crippen LogP contribution in [0.4, 0.5) is 0 Å². The second-order valence-electron chi connectivity index (χ2n) is 4.76. The fraction of sp³-hybridized carbons (Fsp3) is 0.294. The molecule has 0 saturated heterocycles. The van der Waals surface area contributed by atoms with Crippen LogP contribution in [-0.4, -0.2) is 30.5 Å². The van der Waals surface area contributed by atoms with Gasteiger partial charge < -0.3 is 14.9 Å². The lowest BCUT2D eigenvalue weighted by atomic mass is 9.81. The molecule has 0 radical (unpaired) electrons. The molecular formula is C17H20O3. The first-order valence-electron chi connectivity index (χ1n) is 6.71. The third-order valence-corrected chi connectivity index (χ3v) is 3.57. The van der Waals surface area contributed by atoms with E-state index in [0.29, 0.717) is 0 Å². The van der Waals surface area contributed by atoms with E-state index in [1.54, 1.807) is 7.11 Å². The zero-order valence-corrected chi connectivity index (χ0v) is 11.6. The number of benzene rings is 2. The predicted molar refractivity (Wildman–Crippen MR) is 78.9 cm³/mol. The molecule has 2 aromatic carbocycles. The summed E-state index contributed by atoms with van der Waals surface area (Å²) >= 11 is 0. The first-order valence-corrected chi connectivity index (χ1v) is 6.71. The molecule has 0 aliphatic heterocycles. The summed E-state index contributed by atoms with van der Waals surface area (Å²) in [5, 5.41) is 19.2. The molecule has 106 valence electrons. The Kier molecular flexibility index (Phi) is 5.16. The van der Waals surface area contributed by atoms with E-state index in [2.05, 4.69) is 0 Å². The smallest absolute Gasteiger partial charge is 0.122 e. The molecule has 3 heteroatoms. The van der Waals surface area contributed by atoms with Crippen molar-refractivity contribution in [1.29, 1.82) is 0 Å². The molecular weight excluding hydrogens is 252 g/mol. The first-order chi connectivity index (χ1) is 9.81. The van der Waals surface area contributed by atoms with Gasteiger partial charge in [0, 0.05) is 30.6 Å². The molecule has 0 aliphatic carbocycles. The summed E-state index contributed by atoms with van der Waals surface area (Å²) in [5.41, 5.74) is 2.04. The lowest BCUT2D eigenvalue weighted by molar-refractivity contribution is 0.138. The molecule has 0 bridgehead atoms. The van der Waals surface area contributed by atoms with Crippen molar-refractivity contribution >= 4 is 0 Å². The Bertz CT molecular complexity index is 521. The van der Waals surface area contributed by atoms with E-state index in [9.17, 15) is 10.2 Å². The monoisotopic (exact) mass is 272 g/mol. The Labute approximate surface area is 119 Å². The molecule has 0 amide bonds. The molecule has 0 fully saturated rings. The maximum absolute atomic E-state index is 9.58. The number of rotatable bonds is 6. The van der Waals surface area contributed by atoms with Crippen molar-refractivity contribution in [3.8, 4) is 5.75 Å². The summed E-state index contributed by atoms with van der Waals surface area (Å²) in [7, 11) is 1.63. The molecule has 20 heavy (non-hydrogen) atoms. The zero-order chi connectivity index (χ0) is 14.4. The topological polar surface area (TPSA) is 49.7 Å². The van der Waals surface area contributed by atoms with Crippen LogP contribution < -0.4 is 4.74 Å². The Hall–Kier alpha value is -1.84. The molecule has 0 aliphatic rings. The lowest BCUT2D eigenvalue weighted by Gasteiger charge is -2.26. The van der Waals surface area contributed by atoms with Gasteiger partial charge in [-0.25, -0.2) is 0 Å². The average molecular weight is 272 g/mol. The van der Waals surface area contributed by atoms with E-state index >= 15 is 0 Å². The Morgan fingerprint density at radius 3 is 2.10 bits per heavy atom. The van der Waals surface area contributed by atoms with Crippen LogP contribution in [0, 0.1) is 5.92 Å². The fourth-order valence-electron chi connectivity index (χ4n) is 2.56. The van der Waals surface area contributed by atoms with E-state index in [0.717, 1.165) is 16.9 Å². The van der Waals surface area contributed by atoms with Gasteiger partial charge in [0.2, 0.25) is 0 Å². The number of hydrogen-bond donors (Lipinski definition) is 2. The quantitative estimate of drug-likeness (QED) is 0.849. The number of para-hydroxylation sites is 1. The minimum atomic E-state index is -0.256. The van der Waals surface area contributed by atoms with Crippen LogP contribution >= 0.6 is 0 Å². The fourth-order valence-corrected chi connectivity index (χ4v) is 2.56. The van der Waals surface area contributed by atoms with Gasteiger partial charge >= 0.3 is 0 Å². The van der Waals surface area contributed by atoms with Gasteiger partial charge in [0.15, 0.2) is 0 Å². The summed E-state index contributed by atoms with van der Waals surface area (Å²) < 4.78 is 5.42. The maximum Gasteiger partial charge on any atom is 0.122 e. The highest BCUT2D eigenvalue weighted by atomic mass is 16.5. The molecule has 0 saturated carbocycles. The number of hydrogen-bond acceptors (Lipinski definition) is 3. The molecule has 1 atom stereocenters.